The minimum absolute atomic E-state index is 0.335. The van der Waals surface area contributed by atoms with Gasteiger partial charge in [0.25, 0.3) is 0 Å². The molecule has 21 heavy (non-hydrogen) atoms. The van der Waals surface area contributed by atoms with Gasteiger partial charge < -0.3 is 10.1 Å². The maximum Gasteiger partial charge on any atom is 0.123 e. The van der Waals surface area contributed by atoms with Gasteiger partial charge in [0, 0.05) is 31.6 Å². The van der Waals surface area contributed by atoms with E-state index in [2.05, 4.69) is 49.2 Å². The summed E-state index contributed by atoms with van der Waals surface area (Å²) >= 11 is 0. The van der Waals surface area contributed by atoms with E-state index in [4.69, 9.17) is 4.74 Å². The number of likely N-dealkylation sites (tertiary alicyclic amines) is 1. The molecule has 1 N–H and O–H groups in total. The fourth-order valence-corrected chi connectivity index (χ4v) is 3.55. The Bertz CT molecular complexity index is 486. The fraction of sp³-hybridized carbons (Fsp3) is 0.667. The molecule has 0 bridgehead atoms. The summed E-state index contributed by atoms with van der Waals surface area (Å²) in [4.78, 5) is 2.62. The molecule has 2 aliphatic heterocycles. The van der Waals surface area contributed by atoms with Crippen LogP contribution in [-0.4, -0.2) is 42.7 Å². The normalized spacial score (nSPS) is 25.3. The number of aryl methyl sites for hydroxylation is 1. The van der Waals surface area contributed by atoms with Gasteiger partial charge >= 0.3 is 0 Å². The molecule has 1 fully saturated rings. The highest BCUT2D eigenvalue weighted by Crippen LogP contribution is 2.30. The molecule has 2 aliphatic rings. The van der Waals surface area contributed by atoms with Crippen molar-refractivity contribution in [2.24, 2.45) is 0 Å². The van der Waals surface area contributed by atoms with Crippen LogP contribution in [0.3, 0.4) is 0 Å². The SMILES string of the molecule is Cc1ccc2c(c1)CC(CN1CCCC1CNC(C)C)O2. The van der Waals surface area contributed by atoms with Gasteiger partial charge in [-0.1, -0.05) is 31.5 Å². The summed E-state index contributed by atoms with van der Waals surface area (Å²) in [5.41, 5.74) is 2.72. The average Bonchev–Trinajstić information content (AvgIpc) is 3.02. The molecule has 0 aromatic heterocycles. The highest BCUT2D eigenvalue weighted by Gasteiger charge is 2.30. The predicted octanol–water partition coefficient (Wildman–Crippen LogP) is 2.76. The van der Waals surface area contributed by atoms with Crippen LogP contribution in [0, 0.1) is 6.92 Å². The van der Waals surface area contributed by atoms with Gasteiger partial charge in [-0.3, -0.25) is 4.90 Å². The molecule has 0 amide bonds. The van der Waals surface area contributed by atoms with E-state index < -0.39 is 0 Å². The van der Waals surface area contributed by atoms with Gasteiger partial charge in [-0.2, -0.15) is 0 Å². The van der Waals surface area contributed by atoms with Gasteiger partial charge in [0.1, 0.15) is 11.9 Å². The van der Waals surface area contributed by atoms with Crippen molar-refractivity contribution in [3.8, 4) is 5.75 Å². The number of nitrogens with zero attached hydrogens (tertiary/aromatic N) is 1. The molecule has 0 aliphatic carbocycles. The molecule has 0 radical (unpaired) electrons. The molecule has 0 spiro atoms. The average molecular weight is 288 g/mol. The lowest BCUT2D eigenvalue weighted by atomic mass is 10.1. The summed E-state index contributed by atoms with van der Waals surface area (Å²) in [5, 5.41) is 3.58. The standard InChI is InChI=1S/C18H28N2O/c1-13(2)19-11-16-5-4-8-20(16)12-17-10-15-9-14(3)6-7-18(15)21-17/h6-7,9,13,16-17,19H,4-5,8,10-12H2,1-3H3. The second-order valence-corrected chi connectivity index (χ2v) is 6.91. The van der Waals surface area contributed by atoms with Crippen LogP contribution in [0.4, 0.5) is 0 Å². The van der Waals surface area contributed by atoms with Crippen LogP contribution < -0.4 is 10.1 Å². The Morgan fingerprint density at radius 3 is 3.05 bits per heavy atom. The Morgan fingerprint density at radius 2 is 2.24 bits per heavy atom. The molecule has 1 aromatic carbocycles. The Kier molecular flexibility index (Phi) is 4.51. The highest BCUT2D eigenvalue weighted by atomic mass is 16.5. The molecule has 3 heteroatoms. The molecule has 116 valence electrons. The van der Waals surface area contributed by atoms with Crippen LogP contribution in [-0.2, 0) is 6.42 Å². The summed E-state index contributed by atoms with van der Waals surface area (Å²) in [6.45, 7) is 9.99. The van der Waals surface area contributed by atoms with Crippen LogP contribution >= 0.6 is 0 Å². The molecule has 2 heterocycles. The minimum atomic E-state index is 0.335. The molecule has 2 atom stereocenters. The zero-order chi connectivity index (χ0) is 14.8. The van der Waals surface area contributed by atoms with Gasteiger partial charge in [-0.05, 0) is 37.9 Å². The number of hydrogen-bond donors (Lipinski definition) is 1. The lowest BCUT2D eigenvalue weighted by Crippen LogP contribution is -2.44. The van der Waals surface area contributed by atoms with Crippen molar-refractivity contribution in [3.05, 3.63) is 29.3 Å². The van der Waals surface area contributed by atoms with E-state index in [1.54, 1.807) is 0 Å². The third-order valence-electron chi connectivity index (χ3n) is 4.66. The van der Waals surface area contributed by atoms with Crippen LogP contribution in [0.5, 0.6) is 5.75 Å². The van der Waals surface area contributed by atoms with Crippen molar-refractivity contribution < 1.29 is 4.74 Å². The lowest BCUT2D eigenvalue weighted by molar-refractivity contribution is 0.140. The first kappa shape index (κ1) is 14.9. The van der Waals surface area contributed by atoms with Gasteiger partial charge in [0.05, 0.1) is 0 Å². The zero-order valence-electron chi connectivity index (χ0n) is 13.6. The van der Waals surface area contributed by atoms with E-state index in [1.807, 2.05) is 0 Å². The molecule has 3 nitrogen and oxygen atoms in total. The minimum Gasteiger partial charge on any atom is -0.488 e. The van der Waals surface area contributed by atoms with Gasteiger partial charge in [0.15, 0.2) is 0 Å². The maximum absolute atomic E-state index is 6.14. The lowest BCUT2D eigenvalue weighted by Gasteiger charge is -2.27. The number of benzene rings is 1. The number of hydrogen-bond acceptors (Lipinski definition) is 3. The molecular formula is C18H28N2O. The highest BCUT2D eigenvalue weighted by molar-refractivity contribution is 5.40. The van der Waals surface area contributed by atoms with Crippen LogP contribution in [0.2, 0.25) is 0 Å². The predicted molar refractivity (Wildman–Crippen MR) is 87.0 cm³/mol. The molecule has 1 aromatic rings. The summed E-state index contributed by atoms with van der Waals surface area (Å²) in [6, 6.07) is 7.81. The fourth-order valence-electron chi connectivity index (χ4n) is 3.55. The van der Waals surface area contributed by atoms with E-state index >= 15 is 0 Å². The van der Waals surface area contributed by atoms with Gasteiger partial charge in [0.2, 0.25) is 0 Å². The Balaban J connectivity index is 1.55. The van der Waals surface area contributed by atoms with Crippen molar-refractivity contribution in [1.82, 2.24) is 10.2 Å². The molecule has 2 unspecified atom stereocenters. The van der Waals surface area contributed by atoms with E-state index in [9.17, 15) is 0 Å². The van der Waals surface area contributed by atoms with E-state index in [0.717, 1.165) is 25.3 Å². The van der Waals surface area contributed by atoms with Crippen molar-refractivity contribution in [3.63, 3.8) is 0 Å². The summed E-state index contributed by atoms with van der Waals surface area (Å²) < 4.78 is 6.14. The van der Waals surface area contributed by atoms with E-state index in [1.165, 1.54) is 30.5 Å². The second kappa shape index (κ2) is 6.37. The molecule has 1 saturated heterocycles. The quantitative estimate of drug-likeness (QED) is 0.901. The second-order valence-electron chi connectivity index (χ2n) is 6.91. The molecular weight excluding hydrogens is 260 g/mol. The molecule has 3 rings (SSSR count). The van der Waals surface area contributed by atoms with Crippen LogP contribution in [0.1, 0.15) is 37.8 Å². The number of fused-ring (bicyclic) bond motifs is 1. The first-order chi connectivity index (χ1) is 10.1. The molecule has 0 saturated carbocycles. The zero-order valence-corrected chi connectivity index (χ0v) is 13.6. The van der Waals surface area contributed by atoms with E-state index in [-0.39, 0.29) is 0 Å². The van der Waals surface area contributed by atoms with Gasteiger partial charge in [-0.15, -0.1) is 0 Å². The maximum atomic E-state index is 6.14. The van der Waals surface area contributed by atoms with Crippen LogP contribution in [0.25, 0.3) is 0 Å². The number of nitrogens with one attached hydrogen (secondary N) is 1. The topological polar surface area (TPSA) is 24.5 Å². The van der Waals surface area contributed by atoms with Crippen molar-refractivity contribution in [2.45, 2.75) is 58.2 Å². The summed E-state index contributed by atoms with van der Waals surface area (Å²) in [6.07, 6.45) is 4.04. The smallest absolute Gasteiger partial charge is 0.123 e. The first-order valence-corrected chi connectivity index (χ1v) is 8.35. The summed E-state index contributed by atoms with van der Waals surface area (Å²) in [7, 11) is 0. The van der Waals surface area contributed by atoms with Crippen molar-refractivity contribution in [2.75, 3.05) is 19.6 Å². The Labute approximate surface area is 128 Å². The Morgan fingerprint density at radius 1 is 1.38 bits per heavy atom. The van der Waals surface area contributed by atoms with Crippen molar-refractivity contribution >= 4 is 0 Å². The largest absolute Gasteiger partial charge is 0.488 e. The van der Waals surface area contributed by atoms with Crippen LogP contribution in [0.15, 0.2) is 18.2 Å². The van der Waals surface area contributed by atoms with E-state index in [0.29, 0.717) is 18.2 Å². The third kappa shape index (κ3) is 3.58. The van der Waals surface area contributed by atoms with Crippen molar-refractivity contribution in [1.29, 1.82) is 0 Å². The number of ether oxygens (including phenoxy) is 1. The van der Waals surface area contributed by atoms with Gasteiger partial charge in [-0.25, -0.2) is 0 Å². The third-order valence-corrected chi connectivity index (χ3v) is 4.66. The Hall–Kier alpha value is -1.06. The number of rotatable bonds is 5. The first-order valence-electron chi connectivity index (χ1n) is 8.35. The summed E-state index contributed by atoms with van der Waals surface area (Å²) in [5.74, 6) is 1.10. The monoisotopic (exact) mass is 288 g/mol.